The number of piperidine rings is 2. The summed E-state index contributed by atoms with van der Waals surface area (Å²) in [4.78, 5) is 31.3. The third-order valence-electron chi connectivity index (χ3n) is 8.25. The molecule has 0 aliphatic carbocycles. The Morgan fingerprint density at radius 1 is 0.973 bits per heavy atom. The van der Waals surface area contributed by atoms with Gasteiger partial charge >= 0.3 is 0 Å². The van der Waals surface area contributed by atoms with Crippen molar-refractivity contribution in [3.8, 4) is 0 Å². The van der Waals surface area contributed by atoms with E-state index >= 15 is 0 Å². The Kier molecular flexibility index (Phi) is 8.81. The summed E-state index contributed by atoms with van der Waals surface area (Å²) in [6.07, 6.45) is 5.84. The molecule has 2 amide bonds. The van der Waals surface area contributed by atoms with E-state index < -0.39 is 5.60 Å². The van der Waals surface area contributed by atoms with Gasteiger partial charge in [0.15, 0.2) is 5.60 Å². The average Bonchev–Trinajstić information content (AvgIpc) is 2.93. The van der Waals surface area contributed by atoms with Gasteiger partial charge in [0.05, 0.1) is 10.6 Å². The van der Waals surface area contributed by atoms with E-state index in [1.807, 2.05) is 60.4 Å². The van der Waals surface area contributed by atoms with Crippen molar-refractivity contribution in [1.29, 1.82) is 0 Å². The third-order valence-corrected chi connectivity index (χ3v) is 8.57. The number of likely N-dealkylation sites (tertiary alicyclic amines) is 1. The molecule has 0 spiro atoms. The van der Waals surface area contributed by atoms with Crippen LogP contribution in [0.3, 0.4) is 0 Å². The molecule has 1 atom stereocenters. The first-order chi connectivity index (χ1) is 17.7. The van der Waals surface area contributed by atoms with E-state index in [1.165, 1.54) is 6.42 Å². The molecule has 4 rings (SSSR count). The van der Waals surface area contributed by atoms with E-state index in [2.05, 4.69) is 4.90 Å². The first-order valence-electron chi connectivity index (χ1n) is 13.6. The summed E-state index contributed by atoms with van der Waals surface area (Å²) in [5, 5.41) is 11.7. The van der Waals surface area contributed by atoms with Gasteiger partial charge in [-0.05, 0) is 74.1 Å². The highest BCUT2D eigenvalue weighted by molar-refractivity contribution is 6.34. The molecule has 2 heterocycles. The number of hydrogen-bond donors (Lipinski definition) is 1. The summed E-state index contributed by atoms with van der Waals surface area (Å²) in [6, 6.07) is 15.1. The van der Waals surface area contributed by atoms with E-state index in [9.17, 15) is 14.7 Å². The van der Waals surface area contributed by atoms with Gasteiger partial charge in [0.1, 0.15) is 0 Å². The summed E-state index contributed by atoms with van der Waals surface area (Å²) < 4.78 is 0. The number of amides is 2. The minimum atomic E-state index is -1.44. The van der Waals surface area contributed by atoms with Gasteiger partial charge in [-0.1, -0.05) is 48.9 Å². The second-order valence-corrected chi connectivity index (χ2v) is 11.3. The van der Waals surface area contributed by atoms with Crippen LogP contribution in [0.25, 0.3) is 0 Å². The van der Waals surface area contributed by atoms with Crippen LogP contribution >= 0.6 is 11.6 Å². The maximum Gasteiger partial charge on any atom is 0.259 e. The molecule has 0 aromatic heterocycles. The Bertz CT molecular complexity index is 1080. The average molecular weight is 526 g/mol. The molecule has 37 heavy (non-hydrogen) atoms. The fourth-order valence-corrected chi connectivity index (χ4v) is 6.09. The van der Waals surface area contributed by atoms with Gasteiger partial charge in [-0.25, -0.2) is 0 Å². The number of carbonyl (C=O) groups is 2. The number of rotatable bonds is 7. The van der Waals surface area contributed by atoms with Crippen molar-refractivity contribution in [2.45, 2.75) is 51.0 Å². The molecule has 1 N–H and O–H groups in total. The van der Waals surface area contributed by atoms with Crippen LogP contribution in [0, 0.1) is 11.8 Å². The van der Waals surface area contributed by atoms with Gasteiger partial charge in [0.2, 0.25) is 0 Å². The maximum absolute atomic E-state index is 13.3. The molecular formula is C30H40ClN3O3. The van der Waals surface area contributed by atoms with Crippen molar-refractivity contribution in [1.82, 2.24) is 9.80 Å². The Balaban J connectivity index is 1.26. The van der Waals surface area contributed by atoms with E-state index in [1.54, 1.807) is 19.0 Å². The van der Waals surface area contributed by atoms with Crippen molar-refractivity contribution >= 4 is 29.1 Å². The monoisotopic (exact) mass is 525 g/mol. The van der Waals surface area contributed by atoms with E-state index in [4.69, 9.17) is 11.6 Å². The lowest BCUT2D eigenvalue weighted by molar-refractivity contribution is -0.154. The molecule has 2 fully saturated rings. The van der Waals surface area contributed by atoms with E-state index in [0.29, 0.717) is 47.5 Å². The van der Waals surface area contributed by atoms with Crippen molar-refractivity contribution in [2.24, 2.45) is 11.8 Å². The van der Waals surface area contributed by atoms with Crippen molar-refractivity contribution < 1.29 is 14.7 Å². The normalized spacial score (nSPS) is 18.9. The number of anilines is 1. The zero-order valence-corrected chi connectivity index (χ0v) is 23.1. The maximum atomic E-state index is 13.3. The van der Waals surface area contributed by atoms with Gasteiger partial charge in [0, 0.05) is 46.0 Å². The predicted octanol–water partition coefficient (Wildman–Crippen LogP) is 5.18. The number of nitrogens with zero attached hydrogens (tertiary/aromatic N) is 3. The SMILES string of the molecule is CC[C@](O)(C(=O)N1CCC(CC2CCN(c3ccc(C(=O)N(C)C)c(Cl)c3)CC2)CC1)c1ccccc1. The van der Waals surface area contributed by atoms with Crippen LogP contribution in [-0.4, -0.2) is 67.0 Å². The molecule has 0 unspecified atom stereocenters. The Morgan fingerprint density at radius 3 is 2.11 bits per heavy atom. The molecular weight excluding hydrogens is 486 g/mol. The minimum Gasteiger partial charge on any atom is -0.375 e. The third kappa shape index (κ3) is 6.12. The minimum absolute atomic E-state index is 0.0811. The summed E-state index contributed by atoms with van der Waals surface area (Å²) in [5.41, 5.74) is 0.849. The molecule has 7 heteroatoms. The molecule has 200 valence electrons. The largest absolute Gasteiger partial charge is 0.375 e. The molecule has 2 saturated heterocycles. The molecule has 6 nitrogen and oxygen atoms in total. The zero-order chi connectivity index (χ0) is 26.6. The van der Waals surface area contributed by atoms with Gasteiger partial charge < -0.3 is 19.8 Å². The lowest BCUT2D eigenvalue weighted by Gasteiger charge is -2.39. The predicted molar refractivity (Wildman–Crippen MR) is 149 cm³/mol. The van der Waals surface area contributed by atoms with Crippen LogP contribution < -0.4 is 4.90 Å². The van der Waals surface area contributed by atoms with Crippen LogP contribution in [0.4, 0.5) is 5.69 Å². The molecule has 2 aliphatic rings. The summed E-state index contributed by atoms with van der Waals surface area (Å²) in [7, 11) is 3.46. The molecule has 0 saturated carbocycles. The smallest absolute Gasteiger partial charge is 0.259 e. The number of halogens is 1. The van der Waals surface area contributed by atoms with Gasteiger partial charge in [-0.15, -0.1) is 0 Å². The Labute approximate surface area is 226 Å². The number of aliphatic hydroxyl groups is 1. The summed E-state index contributed by atoms with van der Waals surface area (Å²) in [5.74, 6) is 1.07. The topological polar surface area (TPSA) is 64.1 Å². The standard InChI is InChI=1S/C30H40ClN3O3/c1-4-30(37,24-8-6-5-7-9-24)29(36)34-18-14-23(15-19-34)20-22-12-16-33(17-13-22)25-10-11-26(27(31)21-25)28(35)32(2)3/h5-11,21-23,37H,4,12-20H2,1-3H3/t30-/m1/s1. The number of hydrogen-bond acceptors (Lipinski definition) is 4. The number of benzene rings is 2. The highest BCUT2D eigenvalue weighted by Crippen LogP contribution is 2.34. The highest BCUT2D eigenvalue weighted by atomic mass is 35.5. The lowest BCUT2D eigenvalue weighted by Crippen LogP contribution is -2.49. The van der Waals surface area contributed by atoms with Crippen LogP contribution in [0.2, 0.25) is 5.02 Å². The summed E-state index contributed by atoms with van der Waals surface area (Å²) >= 11 is 6.43. The lowest BCUT2D eigenvalue weighted by atomic mass is 9.82. The van der Waals surface area contributed by atoms with Crippen molar-refractivity contribution in [2.75, 3.05) is 45.2 Å². The molecule has 0 bridgehead atoms. The van der Waals surface area contributed by atoms with Crippen LogP contribution in [-0.2, 0) is 10.4 Å². The molecule has 0 radical (unpaired) electrons. The van der Waals surface area contributed by atoms with Gasteiger partial charge in [0.25, 0.3) is 11.8 Å². The zero-order valence-electron chi connectivity index (χ0n) is 22.3. The molecule has 2 aromatic carbocycles. The van der Waals surface area contributed by atoms with Crippen molar-refractivity contribution in [3.63, 3.8) is 0 Å². The fourth-order valence-electron chi connectivity index (χ4n) is 5.84. The molecule has 2 aromatic rings. The van der Waals surface area contributed by atoms with Crippen LogP contribution in [0.15, 0.2) is 48.5 Å². The second kappa shape index (κ2) is 11.9. The van der Waals surface area contributed by atoms with Crippen LogP contribution in [0.1, 0.15) is 61.4 Å². The first-order valence-corrected chi connectivity index (χ1v) is 13.9. The summed E-state index contributed by atoms with van der Waals surface area (Å²) in [6.45, 7) is 5.28. The van der Waals surface area contributed by atoms with E-state index in [-0.39, 0.29) is 11.8 Å². The van der Waals surface area contributed by atoms with Gasteiger partial charge in [-0.2, -0.15) is 0 Å². The fraction of sp³-hybridized carbons (Fsp3) is 0.533. The Morgan fingerprint density at radius 2 is 1.57 bits per heavy atom. The number of carbonyl (C=O) groups excluding carboxylic acids is 2. The van der Waals surface area contributed by atoms with E-state index in [0.717, 1.165) is 44.5 Å². The quantitative estimate of drug-likeness (QED) is 0.540. The molecule has 2 aliphatic heterocycles. The van der Waals surface area contributed by atoms with Gasteiger partial charge in [-0.3, -0.25) is 9.59 Å². The van der Waals surface area contributed by atoms with Crippen LogP contribution in [0.5, 0.6) is 0 Å². The highest BCUT2D eigenvalue weighted by Gasteiger charge is 2.40. The van der Waals surface area contributed by atoms with Crippen molar-refractivity contribution in [3.05, 3.63) is 64.7 Å². The second-order valence-electron chi connectivity index (χ2n) is 10.8. The first kappa shape index (κ1) is 27.5. The Hall–Kier alpha value is -2.57.